The minimum atomic E-state index is -0.754. The van der Waals surface area contributed by atoms with Crippen molar-refractivity contribution in [3.63, 3.8) is 0 Å². The molecule has 3 aromatic rings. The molecule has 178 valence electrons. The summed E-state index contributed by atoms with van der Waals surface area (Å²) in [6.45, 7) is 3.43. The van der Waals surface area contributed by atoms with E-state index in [2.05, 4.69) is 53.4 Å². The molecule has 2 aliphatic heterocycles. The van der Waals surface area contributed by atoms with Crippen molar-refractivity contribution in [2.45, 2.75) is 47.3 Å². The maximum absolute atomic E-state index is 11.2. The van der Waals surface area contributed by atoms with Crippen LogP contribution in [0.15, 0.2) is 77.7 Å². The van der Waals surface area contributed by atoms with E-state index in [0.29, 0.717) is 11.6 Å². The number of fused-ring (bicyclic) bond motifs is 2. The summed E-state index contributed by atoms with van der Waals surface area (Å²) in [5, 5.41) is 11.9. The van der Waals surface area contributed by atoms with Gasteiger partial charge in [-0.2, -0.15) is 0 Å². The summed E-state index contributed by atoms with van der Waals surface area (Å²) >= 11 is 7.96. The highest BCUT2D eigenvalue weighted by molar-refractivity contribution is 7.98. The second-order valence-corrected chi connectivity index (χ2v) is 11.2. The van der Waals surface area contributed by atoms with E-state index in [4.69, 9.17) is 17.3 Å². The molecule has 0 bridgehead atoms. The minimum absolute atomic E-state index is 0.156. The van der Waals surface area contributed by atoms with Crippen LogP contribution in [-0.4, -0.2) is 36.2 Å². The third-order valence-corrected chi connectivity index (χ3v) is 9.18. The van der Waals surface area contributed by atoms with Gasteiger partial charge in [0.1, 0.15) is 0 Å². The Morgan fingerprint density at radius 2 is 1.59 bits per heavy atom. The summed E-state index contributed by atoms with van der Waals surface area (Å²) in [5.74, 6) is 0.990. The van der Waals surface area contributed by atoms with Crippen LogP contribution in [0.2, 0.25) is 5.02 Å². The predicted molar refractivity (Wildman–Crippen MR) is 143 cm³/mol. The van der Waals surface area contributed by atoms with Gasteiger partial charge in [-0.3, -0.25) is 0 Å². The van der Waals surface area contributed by atoms with E-state index in [1.807, 2.05) is 36.0 Å². The van der Waals surface area contributed by atoms with Crippen molar-refractivity contribution in [3.05, 3.63) is 100 Å². The average molecular weight is 493 g/mol. The van der Waals surface area contributed by atoms with Crippen molar-refractivity contribution in [1.82, 2.24) is 4.90 Å². The fourth-order valence-electron chi connectivity index (χ4n) is 5.79. The molecule has 34 heavy (non-hydrogen) atoms. The zero-order valence-corrected chi connectivity index (χ0v) is 21.1. The van der Waals surface area contributed by atoms with Crippen LogP contribution in [0.3, 0.4) is 0 Å². The fraction of sp³-hybridized carbons (Fsp3) is 0.379. The number of nitrogens with zero attached hydrogens (tertiary/aromatic N) is 1. The van der Waals surface area contributed by atoms with Gasteiger partial charge in [-0.15, -0.1) is 11.8 Å². The van der Waals surface area contributed by atoms with Crippen molar-refractivity contribution in [3.8, 4) is 0 Å². The Hall–Kier alpha value is -1.82. The zero-order chi connectivity index (χ0) is 23.6. The lowest BCUT2D eigenvalue weighted by atomic mass is 9.70. The van der Waals surface area contributed by atoms with Gasteiger partial charge in [0, 0.05) is 40.7 Å². The van der Waals surface area contributed by atoms with Gasteiger partial charge in [0.25, 0.3) is 0 Å². The van der Waals surface area contributed by atoms with E-state index in [-0.39, 0.29) is 5.41 Å². The van der Waals surface area contributed by atoms with Gasteiger partial charge in [0.15, 0.2) is 0 Å². The Morgan fingerprint density at radius 3 is 2.32 bits per heavy atom. The summed E-state index contributed by atoms with van der Waals surface area (Å²) < 4.78 is 0. The number of aliphatic hydroxyl groups is 1. The molecule has 2 heterocycles. The number of hydrogen-bond acceptors (Lipinski definition) is 4. The molecule has 2 aliphatic rings. The maximum Gasteiger partial charge on any atom is 0.0920 e. The number of halogens is 1. The summed E-state index contributed by atoms with van der Waals surface area (Å²) in [4.78, 5) is 3.85. The van der Waals surface area contributed by atoms with Crippen molar-refractivity contribution < 1.29 is 5.11 Å². The molecule has 1 fully saturated rings. The van der Waals surface area contributed by atoms with Crippen LogP contribution in [-0.2, 0) is 16.8 Å². The van der Waals surface area contributed by atoms with E-state index in [1.165, 1.54) is 21.6 Å². The van der Waals surface area contributed by atoms with Gasteiger partial charge in [0.2, 0.25) is 0 Å². The number of thioether (sulfide) groups is 1. The molecule has 1 atom stereocenters. The molecule has 5 heteroatoms. The first kappa shape index (κ1) is 23.9. The Morgan fingerprint density at radius 1 is 0.912 bits per heavy atom. The predicted octanol–water partition coefficient (Wildman–Crippen LogP) is 5.95. The lowest BCUT2D eigenvalue weighted by Crippen LogP contribution is -2.43. The monoisotopic (exact) mass is 492 g/mol. The lowest BCUT2D eigenvalue weighted by Gasteiger charge is -2.40. The Kier molecular flexibility index (Phi) is 7.06. The molecule has 0 aromatic heterocycles. The molecule has 3 aromatic carbocycles. The number of rotatable bonds is 6. The third-order valence-electron chi connectivity index (χ3n) is 7.81. The Balaban J connectivity index is 1.29. The zero-order valence-electron chi connectivity index (χ0n) is 19.6. The van der Waals surface area contributed by atoms with Gasteiger partial charge in [0.05, 0.1) is 5.60 Å². The van der Waals surface area contributed by atoms with Crippen LogP contribution < -0.4 is 5.73 Å². The Labute approximate surface area is 212 Å². The number of piperidine rings is 1. The first-order chi connectivity index (χ1) is 16.5. The number of benzene rings is 3. The van der Waals surface area contributed by atoms with Crippen LogP contribution in [0, 0.1) is 0 Å². The third kappa shape index (κ3) is 4.55. The molecule has 3 nitrogen and oxygen atoms in total. The van der Waals surface area contributed by atoms with Crippen LogP contribution in [0.4, 0.5) is 0 Å². The van der Waals surface area contributed by atoms with Crippen molar-refractivity contribution in [2.24, 2.45) is 5.73 Å². The number of hydrogen-bond donors (Lipinski definition) is 2. The smallest absolute Gasteiger partial charge is 0.0920 e. The molecular formula is C29H33ClN2OS. The molecule has 0 aliphatic carbocycles. The highest BCUT2D eigenvalue weighted by Crippen LogP contribution is 2.46. The van der Waals surface area contributed by atoms with Gasteiger partial charge >= 0.3 is 0 Å². The summed E-state index contributed by atoms with van der Waals surface area (Å²) in [6.07, 6.45) is 3.60. The second kappa shape index (κ2) is 10.0. The quantitative estimate of drug-likeness (QED) is 0.446. The average Bonchev–Trinajstić information content (AvgIpc) is 3.01. The van der Waals surface area contributed by atoms with Gasteiger partial charge < -0.3 is 15.7 Å². The largest absolute Gasteiger partial charge is 0.385 e. The van der Waals surface area contributed by atoms with E-state index < -0.39 is 5.60 Å². The van der Waals surface area contributed by atoms with E-state index >= 15 is 0 Å². The van der Waals surface area contributed by atoms with E-state index in [9.17, 15) is 5.11 Å². The van der Waals surface area contributed by atoms with E-state index in [1.54, 1.807) is 0 Å². The molecule has 3 N–H and O–H groups in total. The normalized spacial score (nSPS) is 22.0. The number of nitrogens with two attached hydrogens (primary N) is 1. The molecule has 1 saturated heterocycles. The topological polar surface area (TPSA) is 49.5 Å². The van der Waals surface area contributed by atoms with Gasteiger partial charge in [-0.1, -0.05) is 66.2 Å². The molecule has 0 saturated carbocycles. The molecule has 0 radical (unpaired) electrons. The van der Waals surface area contributed by atoms with Crippen molar-refractivity contribution in [1.29, 1.82) is 0 Å². The summed E-state index contributed by atoms with van der Waals surface area (Å²) in [5.41, 5.74) is 10.8. The van der Waals surface area contributed by atoms with Gasteiger partial charge in [-0.25, -0.2) is 0 Å². The first-order valence-electron chi connectivity index (χ1n) is 12.3. The second-order valence-electron chi connectivity index (χ2n) is 9.71. The SMILES string of the molecule is NCC1(CCCN2CCC(O)(c3ccc(Cl)cc3)CC2)c2ccccc2CSc2ccccc21. The van der Waals surface area contributed by atoms with Crippen LogP contribution in [0.5, 0.6) is 0 Å². The van der Waals surface area contributed by atoms with Crippen LogP contribution in [0.1, 0.15) is 47.9 Å². The highest BCUT2D eigenvalue weighted by atomic mass is 35.5. The summed E-state index contributed by atoms with van der Waals surface area (Å²) in [6, 6.07) is 25.3. The fourth-order valence-corrected chi connectivity index (χ4v) is 7.08. The van der Waals surface area contributed by atoms with Crippen molar-refractivity contribution >= 4 is 23.4 Å². The van der Waals surface area contributed by atoms with Gasteiger partial charge in [-0.05, 0) is 72.7 Å². The molecule has 5 rings (SSSR count). The molecule has 0 amide bonds. The molecule has 0 spiro atoms. The molecule has 1 unspecified atom stereocenters. The van der Waals surface area contributed by atoms with Crippen LogP contribution >= 0.6 is 23.4 Å². The van der Waals surface area contributed by atoms with Crippen molar-refractivity contribution in [2.75, 3.05) is 26.2 Å². The number of likely N-dealkylation sites (tertiary alicyclic amines) is 1. The summed E-state index contributed by atoms with van der Waals surface area (Å²) in [7, 11) is 0. The standard InChI is InChI=1S/C29H33ClN2OS/c30-24-12-10-23(11-13-24)29(33)15-18-32(19-16-29)17-5-14-28(21-31)25-7-2-1-6-22(25)20-34-27-9-4-3-8-26(27)28/h1-4,6-13,33H,5,14-21,31H2. The molecular weight excluding hydrogens is 460 g/mol. The maximum atomic E-state index is 11.2. The Bertz CT molecular complexity index is 1080. The highest BCUT2D eigenvalue weighted by Gasteiger charge is 2.38. The van der Waals surface area contributed by atoms with E-state index in [0.717, 1.165) is 56.6 Å². The first-order valence-corrected chi connectivity index (χ1v) is 13.6. The lowest BCUT2D eigenvalue weighted by molar-refractivity contribution is -0.0262. The minimum Gasteiger partial charge on any atom is -0.385 e. The van der Waals surface area contributed by atoms with Crippen LogP contribution in [0.25, 0.3) is 0 Å².